The minimum absolute atomic E-state index is 0. The Morgan fingerprint density at radius 2 is 0.612 bits per heavy atom. The van der Waals surface area contributed by atoms with Crippen molar-refractivity contribution in [2.75, 3.05) is 26.2 Å². The average molecular weight is 816 g/mol. The molecule has 0 radical (unpaired) electrons. The Labute approximate surface area is 307 Å². The molecule has 0 aliphatic carbocycles. The van der Waals surface area contributed by atoms with Crippen molar-refractivity contribution in [1.29, 1.82) is 0 Å². The van der Waals surface area contributed by atoms with E-state index in [-0.39, 0.29) is 27.3 Å². The van der Waals surface area contributed by atoms with Gasteiger partial charge in [-0.05, 0) is 61.4 Å². The smallest absolute Gasteiger partial charge is 0.291 e. The van der Waals surface area contributed by atoms with Gasteiger partial charge in [0.2, 0.25) is 0 Å². The molecule has 16 nitrogen and oxygen atoms in total. The SMILES string of the molecule is C(=NCCCN=Cc1ccccn1)c1ccccn1.C(=NCCCN=Cc1ccccn1)c1ccccn1.[Cd+2].[O-][Cl+3]([O-])([O-])[O-].[O-][Cl+3]([O-])([O-])[O-]. The first-order valence-electron chi connectivity index (χ1n) is 13.8. The zero-order chi connectivity index (χ0) is 35.4. The summed E-state index contributed by atoms with van der Waals surface area (Å²) >= 11 is 0. The monoisotopic (exact) mass is 816 g/mol. The maximum atomic E-state index is 8.49. The summed E-state index contributed by atoms with van der Waals surface area (Å²) in [5.74, 6) is 0. The van der Waals surface area contributed by atoms with Crippen molar-refractivity contribution in [2.24, 2.45) is 20.0 Å². The Kier molecular flexibility index (Phi) is 26.3. The van der Waals surface area contributed by atoms with Gasteiger partial charge in [0.05, 0.1) is 22.8 Å². The van der Waals surface area contributed by atoms with E-state index in [1.54, 1.807) is 49.6 Å². The molecule has 4 rings (SSSR count). The van der Waals surface area contributed by atoms with Crippen molar-refractivity contribution in [3.8, 4) is 0 Å². The summed E-state index contributed by atoms with van der Waals surface area (Å²) in [5.41, 5.74) is 3.55. The Morgan fingerprint density at radius 1 is 0.408 bits per heavy atom. The molecule has 0 aliphatic heterocycles. The topological polar surface area (TPSA) is 285 Å². The maximum absolute atomic E-state index is 8.49. The minimum atomic E-state index is -4.94. The molecule has 0 saturated heterocycles. The fourth-order valence-electron chi connectivity index (χ4n) is 2.95. The molecule has 4 aromatic heterocycles. The zero-order valence-electron chi connectivity index (χ0n) is 26.1. The molecule has 0 aliphatic rings. The van der Waals surface area contributed by atoms with Crippen LogP contribution in [0.15, 0.2) is 118 Å². The van der Waals surface area contributed by atoms with Gasteiger partial charge in [-0.2, -0.15) is 0 Å². The molecular weight excluding hydrogens is 784 g/mol. The van der Waals surface area contributed by atoms with Crippen molar-refractivity contribution in [1.82, 2.24) is 19.9 Å². The largest absolute Gasteiger partial charge is 2.00 e. The number of halogens is 2. The standard InChI is InChI=1S/2C15H16N4.Cd.2ClHO4/c2*1-3-10-18-14(6-1)12-16-8-5-9-17-13-15-7-2-4-11-19-15;;2*2-1(3,4)5/h2*1-4,6-7,10-13H,5,8-9H2;;2*(H,2,3,4,5)/q;;+2;;/p-2. The zero-order valence-corrected chi connectivity index (χ0v) is 31.6. The number of pyridine rings is 4. The van der Waals surface area contributed by atoms with Gasteiger partial charge in [0.1, 0.15) is 0 Å². The van der Waals surface area contributed by atoms with Gasteiger partial charge in [-0.1, -0.05) is 24.3 Å². The first-order valence-corrected chi connectivity index (χ1v) is 16.2. The quantitative estimate of drug-likeness (QED) is 0.0741. The summed E-state index contributed by atoms with van der Waals surface area (Å²) in [6.45, 7) is 3.04. The summed E-state index contributed by atoms with van der Waals surface area (Å²) < 4.78 is 67.9. The number of hydrogen-bond acceptors (Lipinski definition) is 16. The van der Waals surface area contributed by atoms with Crippen LogP contribution in [0, 0.1) is 20.5 Å². The van der Waals surface area contributed by atoms with Crippen molar-refractivity contribution in [3.05, 3.63) is 120 Å². The van der Waals surface area contributed by atoms with E-state index in [4.69, 9.17) is 37.3 Å². The van der Waals surface area contributed by atoms with Gasteiger partial charge >= 0.3 is 27.3 Å². The molecule has 0 aromatic carbocycles. The van der Waals surface area contributed by atoms with E-state index in [9.17, 15) is 0 Å². The second-order valence-corrected chi connectivity index (χ2v) is 10.1. The van der Waals surface area contributed by atoms with Gasteiger partial charge in [0.15, 0.2) is 0 Å². The molecule has 0 spiro atoms. The molecule has 0 amide bonds. The predicted molar refractivity (Wildman–Crippen MR) is 156 cm³/mol. The first-order chi connectivity index (χ1) is 22.9. The van der Waals surface area contributed by atoms with Crippen LogP contribution in [0.4, 0.5) is 0 Å². The van der Waals surface area contributed by atoms with E-state index in [1.165, 1.54) is 0 Å². The van der Waals surface area contributed by atoms with Crippen LogP contribution in [-0.4, -0.2) is 71.0 Å². The van der Waals surface area contributed by atoms with E-state index in [0.717, 1.165) is 61.8 Å². The third kappa shape index (κ3) is 34.1. The van der Waals surface area contributed by atoms with Gasteiger partial charge in [-0.3, -0.25) is 39.9 Å². The van der Waals surface area contributed by atoms with Crippen molar-refractivity contribution in [2.45, 2.75) is 12.8 Å². The third-order valence-electron chi connectivity index (χ3n) is 4.79. The Hall–Kier alpha value is -3.54. The van der Waals surface area contributed by atoms with Crippen molar-refractivity contribution < 1.29 is 85.1 Å². The number of rotatable bonds is 12. The van der Waals surface area contributed by atoms with Crippen LogP contribution in [0.3, 0.4) is 0 Å². The molecule has 256 valence electrons. The van der Waals surface area contributed by atoms with Crippen LogP contribution in [0.25, 0.3) is 0 Å². The van der Waals surface area contributed by atoms with Crippen LogP contribution >= 0.6 is 0 Å². The number of hydrogen-bond donors (Lipinski definition) is 0. The molecule has 4 aromatic rings. The van der Waals surface area contributed by atoms with E-state index in [0.29, 0.717) is 0 Å². The second-order valence-electron chi connectivity index (χ2n) is 8.62. The molecule has 0 saturated carbocycles. The molecule has 19 heteroatoms. The summed E-state index contributed by atoms with van der Waals surface area (Å²) in [4.78, 5) is 33.9. The number of aromatic nitrogens is 4. The predicted octanol–water partition coefficient (Wildman–Crippen LogP) is -4.71. The van der Waals surface area contributed by atoms with Crippen LogP contribution < -0.4 is 37.3 Å². The molecule has 0 N–H and O–H groups in total. The van der Waals surface area contributed by atoms with E-state index in [2.05, 4.69) is 39.9 Å². The minimum Gasteiger partial charge on any atom is -0.291 e. The Morgan fingerprint density at radius 3 is 0.776 bits per heavy atom. The van der Waals surface area contributed by atoms with Gasteiger partial charge in [-0.15, -0.1) is 20.5 Å². The van der Waals surface area contributed by atoms with Gasteiger partial charge < -0.3 is 0 Å². The van der Waals surface area contributed by atoms with Crippen molar-refractivity contribution in [3.63, 3.8) is 0 Å². The summed E-state index contributed by atoms with van der Waals surface area (Å²) in [5, 5.41) is 0. The molecular formula is C30H32CdCl2N8O8. The van der Waals surface area contributed by atoms with Crippen LogP contribution in [-0.2, 0) is 27.3 Å². The number of aliphatic imine (C=N–C) groups is 4. The first kappa shape index (κ1) is 45.5. The fraction of sp³-hybridized carbons (Fsp3) is 0.200. The van der Waals surface area contributed by atoms with E-state index >= 15 is 0 Å². The average Bonchev–Trinajstić information content (AvgIpc) is 3.05. The van der Waals surface area contributed by atoms with Crippen LogP contribution in [0.5, 0.6) is 0 Å². The van der Waals surface area contributed by atoms with Crippen LogP contribution in [0.1, 0.15) is 35.6 Å². The molecule has 0 fully saturated rings. The van der Waals surface area contributed by atoms with Crippen molar-refractivity contribution >= 4 is 24.9 Å². The second kappa shape index (κ2) is 28.3. The molecule has 4 heterocycles. The van der Waals surface area contributed by atoms with Gasteiger partial charge in [-0.25, -0.2) is 37.3 Å². The Bertz CT molecular complexity index is 1250. The van der Waals surface area contributed by atoms with Crippen LogP contribution in [0.2, 0.25) is 0 Å². The summed E-state index contributed by atoms with van der Waals surface area (Å²) in [7, 11) is -9.89. The molecule has 0 bridgehead atoms. The summed E-state index contributed by atoms with van der Waals surface area (Å²) in [6.07, 6.45) is 16.1. The molecule has 49 heavy (non-hydrogen) atoms. The van der Waals surface area contributed by atoms with Gasteiger partial charge in [0, 0.05) is 75.8 Å². The fourth-order valence-corrected chi connectivity index (χ4v) is 2.95. The van der Waals surface area contributed by atoms with E-state index in [1.807, 2.05) is 72.8 Å². The normalized spacial score (nSPS) is 11.3. The summed E-state index contributed by atoms with van der Waals surface area (Å²) in [6, 6.07) is 23.1. The number of nitrogens with zero attached hydrogens (tertiary/aromatic N) is 8. The molecule has 0 atom stereocenters. The van der Waals surface area contributed by atoms with E-state index < -0.39 is 20.5 Å². The molecule has 0 unspecified atom stereocenters. The maximum Gasteiger partial charge on any atom is 2.00 e. The van der Waals surface area contributed by atoms with Gasteiger partial charge in [0.25, 0.3) is 0 Å². The third-order valence-corrected chi connectivity index (χ3v) is 4.79. The Balaban J connectivity index is 0.000000727.